The van der Waals surface area contributed by atoms with E-state index in [1.807, 2.05) is 6.92 Å². The van der Waals surface area contributed by atoms with Gasteiger partial charge >= 0.3 is 0 Å². The predicted molar refractivity (Wildman–Crippen MR) is 129 cm³/mol. The van der Waals surface area contributed by atoms with Crippen molar-refractivity contribution in [3.63, 3.8) is 0 Å². The van der Waals surface area contributed by atoms with Gasteiger partial charge in [0.15, 0.2) is 5.78 Å². The first-order valence-corrected chi connectivity index (χ1v) is 12.0. The second kappa shape index (κ2) is 13.7. The van der Waals surface area contributed by atoms with E-state index in [2.05, 4.69) is 11.9 Å². The Labute approximate surface area is 197 Å². The molecule has 4 nitrogen and oxygen atoms in total. The van der Waals surface area contributed by atoms with Gasteiger partial charge in [-0.3, -0.25) is 4.79 Å². The SMILES string of the molecule is CCCCC(Oc1cccc(F)n1)C(CCC(=O)c1ccc(Cl)cc1)SC(=S)OCC. The first kappa shape index (κ1) is 25.6. The Hall–Kier alpha value is -1.70. The van der Waals surface area contributed by atoms with Crippen molar-refractivity contribution in [3.05, 3.63) is 59.0 Å². The Bertz CT molecular complexity index is 851. The maximum Gasteiger partial charge on any atom is 0.220 e. The van der Waals surface area contributed by atoms with Crippen molar-refractivity contribution in [2.24, 2.45) is 0 Å². The van der Waals surface area contributed by atoms with Crippen LogP contribution in [0.15, 0.2) is 42.5 Å². The Morgan fingerprint density at radius 3 is 2.58 bits per heavy atom. The minimum Gasteiger partial charge on any atom is -0.479 e. The fraction of sp³-hybridized carbons (Fsp3) is 0.435. The number of hydrogen-bond donors (Lipinski definition) is 0. The molecule has 0 fully saturated rings. The monoisotopic (exact) mass is 483 g/mol. The number of rotatable bonds is 12. The van der Waals surface area contributed by atoms with Gasteiger partial charge in [0.2, 0.25) is 16.2 Å². The molecule has 0 aliphatic rings. The molecule has 1 aromatic heterocycles. The molecule has 2 rings (SSSR count). The molecule has 1 aromatic carbocycles. The van der Waals surface area contributed by atoms with E-state index in [1.54, 1.807) is 36.4 Å². The molecular formula is C23H27ClFNO3S2. The van der Waals surface area contributed by atoms with Crippen molar-refractivity contribution < 1.29 is 18.7 Å². The highest BCUT2D eigenvalue weighted by atomic mass is 35.5. The molecule has 2 unspecified atom stereocenters. The number of halogens is 2. The van der Waals surface area contributed by atoms with Gasteiger partial charge in [-0.2, -0.15) is 9.37 Å². The van der Waals surface area contributed by atoms with Crippen molar-refractivity contribution in [1.29, 1.82) is 0 Å². The number of carbonyl (C=O) groups is 1. The van der Waals surface area contributed by atoms with Gasteiger partial charge in [0.25, 0.3) is 0 Å². The number of hydrogen-bond acceptors (Lipinski definition) is 6. The summed E-state index contributed by atoms with van der Waals surface area (Å²) in [7, 11) is 0. The Kier molecular flexibility index (Phi) is 11.3. The van der Waals surface area contributed by atoms with E-state index in [9.17, 15) is 9.18 Å². The van der Waals surface area contributed by atoms with Crippen LogP contribution in [0.25, 0.3) is 0 Å². The van der Waals surface area contributed by atoms with Crippen LogP contribution in [0, 0.1) is 5.95 Å². The summed E-state index contributed by atoms with van der Waals surface area (Å²) in [6.07, 6.45) is 3.18. The highest BCUT2D eigenvalue weighted by molar-refractivity contribution is 8.23. The van der Waals surface area contributed by atoms with Gasteiger partial charge in [-0.15, -0.1) is 0 Å². The third kappa shape index (κ3) is 9.13. The molecule has 2 atom stereocenters. The van der Waals surface area contributed by atoms with Crippen molar-refractivity contribution >= 4 is 45.7 Å². The molecule has 31 heavy (non-hydrogen) atoms. The van der Waals surface area contributed by atoms with Crippen molar-refractivity contribution in [1.82, 2.24) is 4.98 Å². The first-order valence-electron chi connectivity index (χ1n) is 10.3. The van der Waals surface area contributed by atoms with Crippen LogP contribution in [0.2, 0.25) is 5.02 Å². The average molecular weight is 484 g/mol. The van der Waals surface area contributed by atoms with E-state index < -0.39 is 5.95 Å². The van der Waals surface area contributed by atoms with Gasteiger partial charge in [0.1, 0.15) is 6.10 Å². The molecule has 0 aliphatic carbocycles. The standard InChI is InChI=1S/C23H27ClFNO3S2/c1-3-5-7-19(29-22-9-6-8-21(25)26-22)20(31-23(30)28-4-2)15-14-18(27)16-10-12-17(24)13-11-16/h6,8-13,19-20H,3-5,7,14-15H2,1-2H3. The van der Waals surface area contributed by atoms with E-state index in [0.29, 0.717) is 34.4 Å². The van der Waals surface area contributed by atoms with E-state index in [1.165, 1.54) is 17.8 Å². The van der Waals surface area contributed by atoms with Crippen LogP contribution >= 0.6 is 35.6 Å². The number of thiocarbonyl (C=S) groups is 1. The fourth-order valence-corrected chi connectivity index (χ4v) is 4.61. The summed E-state index contributed by atoms with van der Waals surface area (Å²) in [6, 6.07) is 11.3. The maximum absolute atomic E-state index is 13.6. The lowest BCUT2D eigenvalue weighted by Gasteiger charge is -2.27. The van der Waals surface area contributed by atoms with E-state index in [4.69, 9.17) is 33.3 Å². The first-order chi connectivity index (χ1) is 14.9. The van der Waals surface area contributed by atoms with Crippen LogP contribution in [-0.2, 0) is 4.74 Å². The summed E-state index contributed by atoms with van der Waals surface area (Å²) in [5.41, 5.74) is 0.610. The number of ether oxygens (including phenoxy) is 2. The molecule has 0 radical (unpaired) electrons. The Morgan fingerprint density at radius 2 is 1.94 bits per heavy atom. The zero-order chi connectivity index (χ0) is 22.6. The number of Topliss-reactive ketones (excluding diaryl/α,β-unsaturated/α-hetero) is 1. The minimum atomic E-state index is -0.598. The molecule has 1 heterocycles. The lowest BCUT2D eigenvalue weighted by atomic mass is 10.0. The predicted octanol–water partition coefficient (Wildman–Crippen LogP) is 6.90. The van der Waals surface area contributed by atoms with Crippen molar-refractivity contribution in [3.8, 4) is 5.88 Å². The van der Waals surface area contributed by atoms with E-state index >= 15 is 0 Å². The molecule has 0 amide bonds. The van der Waals surface area contributed by atoms with Crippen molar-refractivity contribution in [2.45, 2.75) is 57.3 Å². The smallest absolute Gasteiger partial charge is 0.220 e. The molecule has 2 aromatic rings. The molecular weight excluding hydrogens is 457 g/mol. The second-order valence-electron chi connectivity index (χ2n) is 6.91. The number of unbranched alkanes of at least 4 members (excludes halogenated alkanes) is 1. The number of ketones is 1. The molecule has 0 bridgehead atoms. The fourth-order valence-electron chi connectivity index (χ4n) is 2.99. The normalized spacial score (nSPS) is 12.8. The molecule has 168 valence electrons. The van der Waals surface area contributed by atoms with Crippen LogP contribution in [-0.4, -0.2) is 33.1 Å². The molecule has 0 saturated heterocycles. The molecule has 0 N–H and O–H groups in total. The zero-order valence-electron chi connectivity index (χ0n) is 17.7. The second-order valence-corrected chi connectivity index (χ2v) is 9.18. The van der Waals surface area contributed by atoms with Gasteiger partial charge in [0.05, 0.1) is 11.9 Å². The minimum absolute atomic E-state index is 0.0164. The summed E-state index contributed by atoms with van der Waals surface area (Å²) in [6.45, 7) is 4.43. The summed E-state index contributed by atoms with van der Waals surface area (Å²) in [5.74, 6) is -0.362. The largest absolute Gasteiger partial charge is 0.479 e. The lowest BCUT2D eigenvalue weighted by Crippen LogP contribution is -2.31. The molecule has 0 saturated carbocycles. The number of thioether (sulfide) groups is 1. The van der Waals surface area contributed by atoms with E-state index in [0.717, 1.165) is 19.3 Å². The number of aromatic nitrogens is 1. The number of nitrogens with zero attached hydrogens (tertiary/aromatic N) is 1. The van der Waals surface area contributed by atoms with Gasteiger partial charge in [-0.1, -0.05) is 49.2 Å². The highest BCUT2D eigenvalue weighted by Crippen LogP contribution is 2.29. The summed E-state index contributed by atoms with van der Waals surface area (Å²) in [5, 5.41) is 0.439. The quantitative estimate of drug-likeness (QED) is 0.186. The van der Waals surface area contributed by atoms with Gasteiger partial charge in [-0.05, 0) is 62.3 Å². The molecule has 0 spiro atoms. The van der Waals surface area contributed by atoms with Crippen molar-refractivity contribution in [2.75, 3.05) is 6.61 Å². The third-order valence-electron chi connectivity index (χ3n) is 4.55. The third-order valence-corrected chi connectivity index (χ3v) is 6.36. The van der Waals surface area contributed by atoms with Crippen LogP contribution in [0.1, 0.15) is 56.3 Å². The molecule has 8 heteroatoms. The summed E-state index contributed by atoms with van der Waals surface area (Å²) in [4.78, 5) is 16.5. The maximum atomic E-state index is 13.6. The summed E-state index contributed by atoms with van der Waals surface area (Å²) < 4.78 is 25.5. The topological polar surface area (TPSA) is 48.4 Å². The van der Waals surface area contributed by atoms with Gasteiger partial charge < -0.3 is 9.47 Å². The highest BCUT2D eigenvalue weighted by Gasteiger charge is 2.27. The van der Waals surface area contributed by atoms with Crippen LogP contribution in [0.5, 0.6) is 5.88 Å². The van der Waals surface area contributed by atoms with Crippen LogP contribution in [0.3, 0.4) is 0 Å². The number of benzene rings is 1. The van der Waals surface area contributed by atoms with Crippen LogP contribution < -0.4 is 4.74 Å². The zero-order valence-corrected chi connectivity index (χ0v) is 20.1. The van der Waals surface area contributed by atoms with E-state index in [-0.39, 0.29) is 23.0 Å². The Balaban J connectivity index is 2.16. The summed E-state index contributed by atoms with van der Waals surface area (Å²) >= 11 is 12.6. The van der Waals surface area contributed by atoms with Gasteiger partial charge in [0, 0.05) is 23.1 Å². The molecule has 0 aliphatic heterocycles. The number of carbonyl (C=O) groups excluding carboxylic acids is 1. The number of pyridine rings is 1. The van der Waals surface area contributed by atoms with Gasteiger partial charge in [-0.25, -0.2) is 0 Å². The average Bonchev–Trinajstić information content (AvgIpc) is 2.74. The Morgan fingerprint density at radius 1 is 1.19 bits per heavy atom. The van der Waals surface area contributed by atoms with Crippen LogP contribution in [0.4, 0.5) is 4.39 Å². The lowest BCUT2D eigenvalue weighted by molar-refractivity contribution is 0.0972.